The van der Waals surface area contributed by atoms with E-state index in [1.54, 1.807) is 35.2 Å². The van der Waals surface area contributed by atoms with E-state index in [4.69, 9.17) is 14.2 Å². The van der Waals surface area contributed by atoms with Crippen LogP contribution in [-0.2, 0) is 9.53 Å². The van der Waals surface area contributed by atoms with Crippen molar-refractivity contribution in [3.63, 3.8) is 0 Å². The van der Waals surface area contributed by atoms with Crippen LogP contribution in [0.3, 0.4) is 0 Å². The Morgan fingerprint density at radius 3 is 2.56 bits per heavy atom. The van der Waals surface area contributed by atoms with Crippen molar-refractivity contribution in [2.75, 3.05) is 40.0 Å². The molecule has 9 heteroatoms. The van der Waals surface area contributed by atoms with E-state index < -0.39 is 5.91 Å². The van der Waals surface area contributed by atoms with Crippen LogP contribution in [0.15, 0.2) is 59.7 Å². The summed E-state index contributed by atoms with van der Waals surface area (Å²) in [5.41, 5.74) is 3.19. The lowest BCUT2D eigenvalue weighted by molar-refractivity contribution is -0.137. The zero-order valence-corrected chi connectivity index (χ0v) is 18.7. The third-order valence-electron chi connectivity index (χ3n) is 5.39. The van der Waals surface area contributed by atoms with Crippen molar-refractivity contribution in [3.05, 3.63) is 65.7 Å². The monoisotopic (exact) mass is 463 g/mol. The Morgan fingerprint density at radius 2 is 1.82 bits per heavy atom. The van der Waals surface area contributed by atoms with E-state index in [0.717, 1.165) is 10.8 Å². The predicted molar refractivity (Wildman–Crippen MR) is 127 cm³/mol. The van der Waals surface area contributed by atoms with Crippen molar-refractivity contribution < 1.29 is 28.9 Å². The molecule has 2 amide bonds. The number of benzene rings is 3. The maximum absolute atomic E-state index is 12.5. The van der Waals surface area contributed by atoms with Crippen molar-refractivity contribution in [1.29, 1.82) is 0 Å². The van der Waals surface area contributed by atoms with E-state index in [0.29, 0.717) is 43.4 Å². The van der Waals surface area contributed by atoms with Gasteiger partial charge in [-0.2, -0.15) is 5.10 Å². The number of ether oxygens (including phenoxy) is 3. The number of hydrogen-bond acceptors (Lipinski definition) is 7. The number of nitrogens with one attached hydrogen (secondary N) is 1. The second-order valence-electron chi connectivity index (χ2n) is 7.61. The van der Waals surface area contributed by atoms with Crippen molar-refractivity contribution in [1.82, 2.24) is 10.3 Å². The van der Waals surface area contributed by atoms with Gasteiger partial charge in [0.15, 0.2) is 18.1 Å². The lowest BCUT2D eigenvalue weighted by atomic mass is 10.1. The Balaban J connectivity index is 1.38. The standard InChI is InChI=1S/C25H25N3O6/c1-32-23-12-17(6-7-22(23)34-16-24(30)28-8-10-33-11-9-28)15-26-27-25(31)20-13-18-4-2-3-5-19(18)14-21(20)29/h2-7,12-15,29H,8-11,16H2,1H3,(H,27,31)/b26-15+. The van der Waals surface area contributed by atoms with Gasteiger partial charge in [0.1, 0.15) is 5.75 Å². The van der Waals surface area contributed by atoms with Crippen LogP contribution < -0.4 is 14.9 Å². The van der Waals surface area contributed by atoms with Crippen LogP contribution in [-0.4, -0.2) is 68.1 Å². The van der Waals surface area contributed by atoms with Gasteiger partial charge in [-0.1, -0.05) is 24.3 Å². The van der Waals surface area contributed by atoms with Gasteiger partial charge in [0.25, 0.3) is 11.8 Å². The highest BCUT2D eigenvalue weighted by Gasteiger charge is 2.18. The van der Waals surface area contributed by atoms with Gasteiger partial charge in [0.05, 0.1) is 32.1 Å². The van der Waals surface area contributed by atoms with Crippen LogP contribution in [0.25, 0.3) is 10.8 Å². The first-order chi connectivity index (χ1) is 16.5. The smallest absolute Gasteiger partial charge is 0.275 e. The topological polar surface area (TPSA) is 110 Å². The summed E-state index contributed by atoms with van der Waals surface area (Å²) in [6, 6.07) is 15.7. The van der Waals surface area contributed by atoms with Crippen molar-refractivity contribution in [2.45, 2.75) is 0 Å². The Kier molecular flexibility index (Phi) is 7.24. The van der Waals surface area contributed by atoms with Crippen LogP contribution in [0.5, 0.6) is 17.2 Å². The third kappa shape index (κ3) is 5.44. The summed E-state index contributed by atoms with van der Waals surface area (Å²) >= 11 is 0. The molecule has 176 valence electrons. The molecule has 1 fully saturated rings. The number of methoxy groups -OCH3 is 1. The zero-order valence-electron chi connectivity index (χ0n) is 18.7. The van der Waals surface area contributed by atoms with Gasteiger partial charge in [-0.05, 0) is 46.7 Å². The molecule has 9 nitrogen and oxygen atoms in total. The molecule has 0 atom stereocenters. The molecule has 1 heterocycles. The highest BCUT2D eigenvalue weighted by molar-refractivity contribution is 6.01. The van der Waals surface area contributed by atoms with Crippen LogP contribution in [0.4, 0.5) is 0 Å². The minimum absolute atomic E-state index is 0.102. The van der Waals surface area contributed by atoms with Gasteiger partial charge < -0.3 is 24.2 Å². The number of carbonyl (C=O) groups is 2. The average molecular weight is 463 g/mol. The molecule has 0 aromatic heterocycles. The zero-order chi connectivity index (χ0) is 23.9. The molecule has 0 spiro atoms. The van der Waals surface area contributed by atoms with Gasteiger partial charge in [-0.15, -0.1) is 0 Å². The highest BCUT2D eigenvalue weighted by atomic mass is 16.5. The molecule has 0 unspecified atom stereocenters. The van der Waals surface area contributed by atoms with E-state index >= 15 is 0 Å². The Morgan fingerprint density at radius 1 is 1.09 bits per heavy atom. The molecular weight excluding hydrogens is 438 g/mol. The molecule has 1 saturated heterocycles. The van der Waals surface area contributed by atoms with Gasteiger partial charge in [-0.25, -0.2) is 5.43 Å². The molecule has 2 N–H and O–H groups in total. The number of aromatic hydroxyl groups is 1. The van der Waals surface area contributed by atoms with E-state index in [2.05, 4.69) is 10.5 Å². The number of hydrazone groups is 1. The fraction of sp³-hybridized carbons (Fsp3) is 0.240. The Labute approximate surface area is 196 Å². The normalized spacial score (nSPS) is 13.7. The summed E-state index contributed by atoms with van der Waals surface area (Å²) in [7, 11) is 1.50. The molecule has 0 radical (unpaired) electrons. The minimum atomic E-state index is -0.534. The summed E-state index contributed by atoms with van der Waals surface area (Å²) in [6.45, 7) is 2.06. The van der Waals surface area contributed by atoms with Crippen LogP contribution in [0.2, 0.25) is 0 Å². The molecule has 3 aromatic carbocycles. The number of morpholine rings is 1. The molecule has 1 aliphatic heterocycles. The summed E-state index contributed by atoms with van der Waals surface area (Å²) < 4.78 is 16.3. The number of carbonyl (C=O) groups excluding carboxylic acids is 2. The van der Waals surface area contributed by atoms with Gasteiger partial charge in [0, 0.05) is 13.1 Å². The quantitative estimate of drug-likeness (QED) is 0.412. The number of fused-ring (bicyclic) bond motifs is 1. The number of rotatable bonds is 7. The molecule has 0 saturated carbocycles. The molecule has 34 heavy (non-hydrogen) atoms. The Bertz CT molecular complexity index is 1220. The fourth-order valence-corrected chi connectivity index (χ4v) is 3.56. The van der Waals surface area contributed by atoms with Crippen LogP contribution in [0, 0.1) is 0 Å². The number of nitrogens with zero attached hydrogens (tertiary/aromatic N) is 2. The molecule has 0 bridgehead atoms. The SMILES string of the molecule is COc1cc(/C=N/NC(=O)c2cc3ccccc3cc2O)ccc1OCC(=O)N1CCOCC1. The minimum Gasteiger partial charge on any atom is -0.507 e. The highest BCUT2D eigenvalue weighted by Crippen LogP contribution is 2.28. The van der Waals surface area contributed by atoms with Crippen LogP contribution in [0.1, 0.15) is 15.9 Å². The first-order valence-corrected chi connectivity index (χ1v) is 10.8. The molecule has 3 aromatic rings. The van der Waals surface area contributed by atoms with Gasteiger partial charge in [0.2, 0.25) is 0 Å². The molecule has 0 aliphatic carbocycles. The fourth-order valence-electron chi connectivity index (χ4n) is 3.56. The predicted octanol–water partition coefficient (Wildman–Crippen LogP) is 2.56. The first-order valence-electron chi connectivity index (χ1n) is 10.8. The second kappa shape index (κ2) is 10.7. The van der Waals surface area contributed by atoms with Gasteiger partial charge in [-0.3, -0.25) is 9.59 Å². The molecule has 1 aliphatic rings. The number of hydrogen-bond donors (Lipinski definition) is 2. The van der Waals surface area contributed by atoms with E-state index in [1.165, 1.54) is 13.3 Å². The number of amides is 2. The van der Waals surface area contributed by atoms with Crippen molar-refractivity contribution >= 4 is 28.8 Å². The maximum atomic E-state index is 12.5. The Hall–Kier alpha value is -4.11. The van der Waals surface area contributed by atoms with E-state index in [9.17, 15) is 14.7 Å². The lowest BCUT2D eigenvalue weighted by Crippen LogP contribution is -2.43. The van der Waals surface area contributed by atoms with Gasteiger partial charge >= 0.3 is 0 Å². The number of phenols is 1. The number of phenolic OH excluding ortho intramolecular Hbond substituents is 1. The van der Waals surface area contributed by atoms with Crippen LogP contribution >= 0.6 is 0 Å². The summed E-state index contributed by atoms with van der Waals surface area (Å²) in [5.74, 6) is 0.0773. The van der Waals surface area contributed by atoms with Crippen molar-refractivity contribution in [3.8, 4) is 17.2 Å². The average Bonchev–Trinajstić information content (AvgIpc) is 2.87. The maximum Gasteiger partial charge on any atom is 0.275 e. The van der Waals surface area contributed by atoms with E-state index in [1.807, 2.05) is 24.3 Å². The lowest BCUT2D eigenvalue weighted by Gasteiger charge is -2.26. The third-order valence-corrected chi connectivity index (χ3v) is 5.39. The molecular formula is C25H25N3O6. The van der Waals surface area contributed by atoms with E-state index in [-0.39, 0.29) is 23.8 Å². The second-order valence-corrected chi connectivity index (χ2v) is 7.61. The largest absolute Gasteiger partial charge is 0.507 e. The summed E-state index contributed by atoms with van der Waals surface area (Å²) in [6.07, 6.45) is 1.45. The summed E-state index contributed by atoms with van der Waals surface area (Å²) in [4.78, 5) is 26.5. The first kappa shape index (κ1) is 23.1. The van der Waals surface area contributed by atoms with Crippen molar-refractivity contribution in [2.24, 2.45) is 5.10 Å². The molecule has 4 rings (SSSR count). The summed E-state index contributed by atoms with van der Waals surface area (Å²) in [5, 5.41) is 15.8.